The van der Waals surface area contributed by atoms with Crippen LogP contribution in [0.1, 0.15) is 24.8 Å². The van der Waals surface area contributed by atoms with Gasteiger partial charge in [-0.2, -0.15) is 0 Å². The molecule has 0 unspecified atom stereocenters. The zero-order valence-electron chi connectivity index (χ0n) is 13.6. The number of hydrogen-bond acceptors (Lipinski definition) is 3. The Morgan fingerprint density at radius 1 is 1.21 bits per heavy atom. The van der Waals surface area contributed by atoms with Crippen LogP contribution in [0.4, 0.5) is 0 Å². The number of nitrogens with zero attached hydrogens (tertiary/aromatic N) is 1. The lowest BCUT2D eigenvalue weighted by Crippen LogP contribution is -2.33. The van der Waals surface area contributed by atoms with Crippen molar-refractivity contribution in [3.63, 3.8) is 0 Å². The Morgan fingerprint density at radius 3 is 2.75 bits per heavy atom. The fraction of sp³-hybridized carbons (Fsp3) is 0.471. The molecule has 0 bridgehead atoms. The number of para-hydroxylation sites is 1. The van der Waals surface area contributed by atoms with E-state index in [9.17, 15) is 13.2 Å². The number of benzene rings is 1. The van der Waals surface area contributed by atoms with Gasteiger partial charge in [0.2, 0.25) is 15.9 Å². The van der Waals surface area contributed by atoms with Gasteiger partial charge >= 0.3 is 0 Å². The second-order valence-corrected chi connectivity index (χ2v) is 8.22. The van der Waals surface area contributed by atoms with Gasteiger partial charge in [0.1, 0.15) is 0 Å². The summed E-state index contributed by atoms with van der Waals surface area (Å²) < 4.78 is 25.7. The van der Waals surface area contributed by atoms with Crippen molar-refractivity contribution in [1.29, 1.82) is 0 Å². The summed E-state index contributed by atoms with van der Waals surface area (Å²) in [7, 11) is -3.28. The Labute approximate surface area is 142 Å². The van der Waals surface area contributed by atoms with E-state index >= 15 is 0 Å². The summed E-state index contributed by atoms with van der Waals surface area (Å²) in [6, 6.07) is 8.03. The van der Waals surface area contributed by atoms with Crippen LogP contribution in [-0.4, -0.2) is 49.0 Å². The van der Waals surface area contributed by atoms with Crippen molar-refractivity contribution in [2.75, 3.05) is 25.4 Å². The van der Waals surface area contributed by atoms with E-state index in [-0.39, 0.29) is 18.1 Å². The molecule has 0 saturated carbocycles. The van der Waals surface area contributed by atoms with Gasteiger partial charge < -0.3 is 10.3 Å². The number of aromatic nitrogens is 1. The average Bonchev–Trinajstić information content (AvgIpc) is 3.24. The van der Waals surface area contributed by atoms with Gasteiger partial charge in [-0.05, 0) is 30.9 Å². The van der Waals surface area contributed by atoms with E-state index in [0.29, 0.717) is 26.1 Å². The third kappa shape index (κ3) is 3.96. The molecule has 24 heavy (non-hydrogen) atoms. The molecule has 1 fully saturated rings. The van der Waals surface area contributed by atoms with E-state index in [1.165, 1.54) is 4.31 Å². The average molecular weight is 349 g/mol. The zero-order valence-corrected chi connectivity index (χ0v) is 14.4. The van der Waals surface area contributed by atoms with Crippen LogP contribution in [0, 0.1) is 0 Å². The number of hydrogen-bond donors (Lipinski definition) is 2. The van der Waals surface area contributed by atoms with E-state index in [4.69, 9.17) is 0 Å². The maximum atomic E-state index is 12.1. The fourth-order valence-electron chi connectivity index (χ4n) is 3.08. The maximum absolute atomic E-state index is 12.1. The maximum Gasteiger partial charge on any atom is 0.221 e. The molecular weight excluding hydrogens is 326 g/mol. The predicted molar refractivity (Wildman–Crippen MR) is 94.2 cm³/mol. The first-order valence-corrected chi connectivity index (χ1v) is 9.97. The lowest BCUT2D eigenvalue weighted by Gasteiger charge is -2.15. The van der Waals surface area contributed by atoms with Crippen molar-refractivity contribution in [2.24, 2.45) is 0 Å². The number of nitrogens with one attached hydrogen (secondary N) is 2. The smallest absolute Gasteiger partial charge is 0.221 e. The number of carbonyl (C=O) groups excluding carboxylic acids is 1. The molecule has 0 spiro atoms. The second kappa shape index (κ2) is 7.36. The molecule has 2 N–H and O–H groups in total. The highest BCUT2D eigenvalue weighted by Gasteiger charge is 2.25. The molecule has 1 aromatic heterocycles. The Bertz CT molecular complexity index is 807. The normalized spacial score (nSPS) is 15.8. The molecule has 1 saturated heterocycles. The lowest BCUT2D eigenvalue weighted by molar-refractivity contribution is -0.120. The molecule has 1 aliphatic rings. The second-order valence-electron chi connectivity index (χ2n) is 6.13. The van der Waals surface area contributed by atoms with Crippen molar-refractivity contribution in [2.45, 2.75) is 25.7 Å². The molecule has 2 heterocycles. The predicted octanol–water partition coefficient (Wildman–Crippen LogP) is 1.64. The number of amides is 1. The highest BCUT2D eigenvalue weighted by molar-refractivity contribution is 7.89. The molecule has 0 atom stereocenters. The van der Waals surface area contributed by atoms with Crippen LogP contribution >= 0.6 is 0 Å². The van der Waals surface area contributed by atoms with Crippen LogP contribution in [0.2, 0.25) is 0 Å². The minimum absolute atomic E-state index is 0.0206. The molecule has 0 aliphatic carbocycles. The number of aromatic amines is 1. The minimum Gasteiger partial charge on any atom is -0.361 e. The van der Waals surface area contributed by atoms with Crippen molar-refractivity contribution < 1.29 is 13.2 Å². The number of H-pyrrole nitrogens is 1. The molecule has 1 amide bonds. The van der Waals surface area contributed by atoms with Crippen LogP contribution in [0.5, 0.6) is 0 Å². The zero-order chi connectivity index (χ0) is 17.0. The fourth-order valence-corrected chi connectivity index (χ4v) is 4.60. The topological polar surface area (TPSA) is 82.3 Å². The summed E-state index contributed by atoms with van der Waals surface area (Å²) in [6.45, 7) is 1.68. The van der Waals surface area contributed by atoms with E-state index in [0.717, 1.165) is 29.3 Å². The Hall–Kier alpha value is -1.86. The Kier molecular flexibility index (Phi) is 5.20. The summed E-state index contributed by atoms with van der Waals surface area (Å²) in [5.74, 6) is -0.316. The first-order chi connectivity index (χ1) is 11.6. The van der Waals surface area contributed by atoms with E-state index in [1.807, 2.05) is 30.5 Å². The number of sulfonamides is 1. The van der Waals surface area contributed by atoms with Gasteiger partial charge in [-0.25, -0.2) is 12.7 Å². The van der Waals surface area contributed by atoms with E-state index in [2.05, 4.69) is 10.3 Å². The van der Waals surface area contributed by atoms with Crippen LogP contribution in [0.25, 0.3) is 10.9 Å². The summed E-state index contributed by atoms with van der Waals surface area (Å²) in [5.41, 5.74) is 2.23. The highest BCUT2D eigenvalue weighted by atomic mass is 32.2. The summed E-state index contributed by atoms with van der Waals surface area (Å²) in [4.78, 5) is 15.1. The Balaban J connectivity index is 1.44. The third-order valence-corrected chi connectivity index (χ3v) is 6.31. The monoisotopic (exact) mass is 349 g/mol. The highest BCUT2D eigenvalue weighted by Crippen LogP contribution is 2.17. The van der Waals surface area contributed by atoms with Crippen LogP contribution < -0.4 is 5.32 Å². The van der Waals surface area contributed by atoms with E-state index in [1.54, 1.807) is 0 Å². The van der Waals surface area contributed by atoms with Gasteiger partial charge in [0.05, 0.1) is 5.75 Å². The molecule has 3 rings (SSSR count). The summed E-state index contributed by atoms with van der Waals surface area (Å²) in [5, 5.41) is 3.97. The lowest BCUT2D eigenvalue weighted by atomic mass is 10.1. The summed E-state index contributed by atoms with van der Waals surface area (Å²) in [6.07, 6.45) is 4.52. The van der Waals surface area contributed by atoms with Crippen molar-refractivity contribution >= 4 is 26.8 Å². The summed E-state index contributed by atoms with van der Waals surface area (Å²) >= 11 is 0. The molecular formula is C17H23N3O3S. The quantitative estimate of drug-likeness (QED) is 0.797. The molecule has 1 aromatic carbocycles. The molecule has 2 aromatic rings. The van der Waals surface area contributed by atoms with Crippen LogP contribution in [0.15, 0.2) is 30.5 Å². The van der Waals surface area contributed by atoms with Crippen molar-refractivity contribution in [3.05, 3.63) is 36.0 Å². The van der Waals surface area contributed by atoms with Gasteiger partial charge in [-0.15, -0.1) is 0 Å². The van der Waals surface area contributed by atoms with Gasteiger partial charge in [-0.1, -0.05) is 18.2 Å². The molecule has 6 nitrogen and oxygen atoms in total. The Morgan fingerprint density at radius 2 is 1.96 bits per heavy atom. The number of fused-ring (bicyclic) bond motifs is 1. The standard InChI is InChI=1S/C17H23N3O3S/c21-17(8-12-24(22,23)20-10-3-4-11-20)18-9-7-14-13-19-16-6-2-1-5-15(14)16/h1-2,5-6,13,19H,3-4,7-12H2,(H,18,21). The largest absolute Gasteiger partial charge is 0.361 e. The molecule has 7 heteroatoms. The van der Waals surface area contributed by atoms with E-state index < -0.39 is 10.0 Å². The third-order valence-electron chi connectivity index (χ3n) is 4.44. The number of carbonyl (C=O) groups is 1. The van der Waals surface area contributed by atoms with Crippen LogP contribution in [-0.2, 0) is 21.2 Å². The SMILES string of the molecule is O=C(CCS(=O)(=O)N1CCCC1)NCCc1c[nH]c2ccccc12. The first-order valence-electron chi connectivity index (χ1n) is 8.36. The number of rotatable bonds is 7. The molecule has 1 aliphatic heterocycles. The van der Waals surface area contributed by atoms with Crippen molar-refractivity contribution in [1.82, 2.24) is 14.6 Å². The molecule has 130 valence electrons. The van der Waals surface area contributed by atoms with Crippen molar-refractivity contribution in [3.8, 4) is 0 Å². The van der Waals surface area contributed by atoms with Crippen LogP contribution in [0.3, 0.4) is 0 Å². The molecule has 0 radical (unpaired) electrons. The van der Waals surface area contributed by atoms with Gasteiger partial charge in [0.15, 0.2) is 0 Å². The minimum atomic E-state index is -3.28. The van der Waals surface area contributed by atoms with Gasteiger partial charge in [-0.3, -0.25) is 4.79 Å². The van der Waals surface area contributed by atoms with Gasteiger partial charge in [0.25, 0.3) is 0 Å². The first kappa shape index (κ1) is 17.0. The van der Waals surface area contributed by atoms with Gasteiger partial charge in [0, 0.05) is 43.2 Å².